The van der Waals surface area contributed by atoms with Crippen molar-refractivity contribution in [1.82, 2.24) is 19.5 Å². The van der Waals surface area contributed by atoms with Gasteiger partial charge in [0.05, 0.1) is 28.8 Å². The fourth-order valence-electron chi connectivity index (χ4n) is 5.28. The Kier molecular flexibility index (Phi) is 6.35. The number of halogens is 3. The quantitative estimate of drug-likeness (QED) is 0.342. The first-order valence-electron chi connectivity index (χ1n) is 11.9. The molecule has 0 radical (unpaired) electrons. The molecular formula is C27H24F3N5O. The number of nitrogens with zero attached hydrogens (tertiary/aromatic N) is 4. The molecule has 1 fully saturated rings. The van der Waals surface area contributed by atoms with Gasteiger partial charge in [0.25, 0.3) is 0 Å². The number of fused-ring (bicyclic) bond motifs is 1. The molecule has 1 aromatic carbocycles. The van der Waals surface area contributed by atoms with Crippen LogP contribution in [0.25, 0.3) is 22.2 Å². The summed E-state index contributed by atoms with van der Waals surface area (Å²) in [6.45, 7) is 0. The zero-order chi connectivity index (χ0) is 25.4. The average Bonchev–Trinajstić information content (AvgIpc) is 3.47. The summed E-state index contributed by atoms with van der Waals surface area (Å²) in [7, 11) is 1.82. The van der Waals surface area contributed by atoms with Gasteiger partial charge in [0, 0.05) is 42.9 Å². The zero-order valence-corrected chi connectivity index (χ0v) is 19.7. The smallest absolute Gasteiger partial charge is 0.183 e. The normalized spacial score (nSPS) is 17.9. The highest BCUT2D eigenvalue weighted by atomic mass is 19.1. The maximum atomic E-state index is 15.0. The van der Waals surface area contributed by atoms with E-state index in [9.17, 15) is 23.2 Å². The molecule has 184 valence electrons. The fourth-order valence-corrected chi connectivity index (χ4v) is 5.28. The number of H-pyrrole nitrogens is 1. The van der Waals surface area contributed by atoms with E-state index in [4.69, 9.17) is 0 Å². The van der Waals surface area contributed by atoms with Crippen LogP contribution >= 0.6 is 0 Å². The summed E-state index contributed by atoms with van der Waals surface area (Å²) in [5, 5.41) is 9.83. The molecule has 6 nitrogen and oxygen atoms in total. The Morgan fingerprint density at radius 3 is 2.75 bits per heavy atom. The number of carbonyl (C=O) groups excluding carboxylic acids is 1. The van der Waals surface area contributed by atoms with Crippen molar-refractivity contribution in [3.05, 3.63) is 71.3 Å². The first kappa shape index (κ1) is 23.8. The van der Waals surface area contributed by atoms with Crippen LogP contribution in [-0.2, 0) is 13.5 Å². The lowest BCUT2D eigenvalue weighted by Crippen LogP contribution is -2.21. The van der Waals surface area contributed by atoms with Crippen molar-refractivity contribution in [3.63, 3.8) is 0 Å². The van der Waals surface area contributed by atoms with Crippen molar-refractivity contribution in [2.75, 3.05) is 0 Å². The summed E-state index contributed by atoms with van der Waals surface area (Å²) < 4.78 is 44.8. The highest BCUT2D eigenvalue weighted by molar-refractivity contribution is 5.96. The molecule has 36 heavy (non-hydrogen) atoms. The second kappa shape index (κ2) is 9.61. The van der Waals surface area contributed by atoms with E-state index in [-0.39, 0.29) is 45.5 Å². The van der Waals surface area contributed by atoms with Gasteiger partial charge in [0.2, 0.25) is 0 Å². The number of aromatic nitrogens is 4. The van der Waals surface area contributed by atoms with Gasteiger partial charge in [-0.05, 0) is 43.2 Å². The Hall–Kier alpha value is -3.93. The first-order chi connectivity index (χ1) is 17.3. The number of Topliss-reactive ketones (excluding diaryl/α,β-unsaturated/α-hetero) is 1. The number of carbonyl (C=O) groups is 1. The van der Waals surface area contributed by atoms with E-state index >= 15 is 0 Å². The SMILES string of the molecule is Cn1cnc(C(=O)C[C@@H]2CCC[C@H](Cc3nc(-c4c[nH]c5c(F)cc(F)cc45)c(C#N)cc3F)C2)c1. The Morgan fingerprint density at radius 2 is 2.00 bits per heavy atom. The number of benzene rings is 1. The van der Waals surface area contributed by atoms with Gasteiger partial charge in [0.1, 0.15) is 29.2 Å². The van der Waals surface area contributed by atoms with Crippen LogP contribution in [-0.4, -0.2) is 25.3 Å². The molecule has 1 aliphatic carbocycles. The van der Waals surface area contributed by atoms with Crippen LogP contribution in [0.3, 0.4) is 0 Å². The Bertz CT molecular complexity index is 1500. The van der Waals surface area contributed by atoms with E-state index in [0.29, 0.717) is 24.1 Å². The van der Waals surface area contributed by atoms with E-state index in [1.165, 1.54) is 12.3 Å². The van der Waals surface area contributed by atoms with E-state index in [0.717, 1.165) is 37.8 Å². The van der Waals surface area contributed by atoms with Crippen LogP contribution in [0.15, 0.2) is 36.9 Å². The second-order valence-electron chi connectivity index (χ2n) is 9.59. The van der Waals surface area contributed by atoms with Crippen LogP contribution in [0.2, 0.25) is 0 Å². The maximum Gasteiger partial charge on any atom is 0.183 e. The predicted molar refractivity (Wildman–Crippen MR) is 127 cm³/mol. The molecule has 3 heterocycles. The number of imidazole rings is 1. The minimum Gasteiger partial charge on any atom is -0.358 e. The molecule has 0 bridgehead atoms. The largest absolute Gasteiger partial charge is 0.358 e. The van der Waals surface area contributed by atoms with Crippen molar-refractivity contribution in [3.8, 4) is 17.3 Å². The molecule has 2 atom stereocenters. The van der Waals surface area contributed by atoms with E-state index in [2.05, 4.69) is 15.0 Å². The molecular weight excluding hydrogens is 467 g/mol. The lowest BCUT2D eigenvalue weighted by Gasteiger charge is -2.28. The van der Waals surface area contributed by atoms with Crippen LogP contribution in [0.1, 0.15) is 53.8 Å². The molecule has 1 N–H and O–H groups in total. The number of nitrogens with one attached hydrogen (secondary N) is 1. The summed E-state index contributed by atoms with van der Waals surface area (Å²) in [6, 6.07) is 5.02. The molecule has 1 saturated carbocycles. The third kappa shape index (κ3) is 4.63. The highest BCUT2D eigenvalue weighted by Crippen LogP contribution is 2.36. The minimum absolute atomic E-state index is 0.00464. The van der Waals surface area contributed by atoms with Crippen molar-refractivity contribution >= 4 is 16.7 Å². The van der Waals surface area contributed by atoms with Gasteiger partial charge >= 0.3 is 0 Å². The molecule has 1 aliphatic rings. The Balaban J connectivity index is 1.39. The number of rotatable bonds is 6. The third-order valence-electron chi connectivity index (χ3n) is 6.97. The lowest BCUT2D eigenvalue weighted by molar-refractivity contribution is 0.0935. The molecule has 0 unspecified atom stereocenters. The number of nitriles is 1. The standard InChI is InChI=1S/C27H24F3N5O/c1-35-13-24(33-14-35)25(36)7-16-4-2-3-15(5-16)6-23-21(29)8-17(11-31)26(34-23)20-12-32-27-19(20)9-18(28)10-22(27)30/h8-10,12-16,32H,2-7H2,1H3/t15-,16+/m0/s1. The molecule has 0 spiro atoms. The molecule has 5 rings (SSSR count). The van der Waals surface area contributed by atoms with Crippen molar-refractivity contribution < 1.29 is 18.0 Å². The minimum atomic E-state index is -0.759. The molecule has 9 heteroatoms. The van der Waals surface area contributed by atoms with Crippen LogP contribution in [0.5, 0.6) is 0 Å². The van der Waals surface area contributed by atoms with Gasteiger partial charge in [-0.2, -0.15) is 5.26 Å². The topological polar surface area (TPSA) is 87.4 Å². The predicted octanol–water partition coefficient (Wildman–Crippen LogP) is 5.87. The molecule has 4 aromatic rings. The number of aryl methyl sites for hydroxylation is 1. The van der Waals surface area contributed by atoms with Crippen LogP contribution < -0.4 is 0 Å². The van der Waals surface area contributed by atoms with E-state index in [1.807, 2.05) is 13.1 Å². The average molecular weight is 492 g/mol. The van der Waals surface area contributed by atoms with Crippen molar-refractivity contribution in [2.24, 2.45) is 18.9 Å². The zero-order valence-electron chi connectivity index (χ0n) is 19.7. The summed E-state index contributed by atoms with van der Waals surface area (Å²) in [5.74, 6) is -1.79. The number of aromatic amines is 1. The summed E-state index contributed by atoms with van der Waals surface area (Å²) in [4.78, 5) is 24.0. The maximum absolute atomic E-state index is 15.0. The summed E-state index contributed by atoms with van der Waals surface area (Å²) in [5.41, 5.74) is 1.26. The van der Waals surface area contributed by atoms with Crippen molar-refractivity contribution in [2.45, 2.75) is 38.5 Å². The molecule has 0 saturated heterocycles. The Morgan fingerprint density at radius 1 is 1.19 bits per heavy atom. The Labute approximate surface area is 205 Å². The highest BCUT2D eigenvalue weighted by Gasteiger charge is 2.27. The molecule has 0 amide bonds. The second-order valence-corrected chi connectivity index (χ2v) is 9.59. The van der Waals surface area contributed by atoms with Gasteiger partial charge in [-0.15, -0.1) is 0 Å². The van der Waals surface area contributed by atoms with Gasteiger partial charge in [-0.1, -0.05) is 12.8 Å². The summed E-state index contributed by atoms with van der Waals surface area (Å²) >= 11 is 0. The fraction of sp³-hybridized carbons (Fsp3) is 0.333. The number of hydrogen-bond acceptors (Lipinski definition) is 4. The van der Waals surface area contributed by atoms with Gasteiger partial charge in [-0.3, -0.25) is 4.79 Å². The third-order valence-corrected chi connectivity index (χ3v) is 6.97. The van der Waals surface area contributed by atoms with Crippen LogP contribution in [0.4, 0.5) is 13.2 Å². The number of hydrogen-bond donors (Lipinski definition) is 1. The molecule has 3 aromatic heterocycles. The van der Waals surface area contributed by atoms with E-state index in [1.54, 1.807) is 17.1 Å². The lowest BCUT2D eigenvalue weighted by atomic mass is 9.77. The first-order valence-corrected chi connectivity index (χ1v) is 11.9. The van der Waals surface area contributed by atoms with Crippen LogP contribution in [0, 0.1) is 40.6 Å². The number of ketones is 1. The van der Waals surface area contributed by atoms with Gasteiger partial charge in [-0.25, -0.2) is 23.1 Å². The monoisotopic (exact) mass is 491 g/mol. The number of pyridine rings is 1. The summed E-state index contributed by atoms with van der Waals surface area (Å²) in [6.07, 6.45) is 9.02. The van der Waals surface area contributed by atoms with Gasteiger partial charge < -0.3 is 9.55 Å². The molecule has 0 aliphatic heterocycles. The van der Waals surface area contributed by atoms with Gasteiger partial charge in [0.15, 0.2) is 5.78 Å². The van der Waals surface area contributed by atoms with E-state index < -0.39 is 17.5 Å². The van der Waals surface area contributed by atoms with Crippen molar-refractivity contribution in [1.29, 1.82) is 5.26 Å².